The van der Waals surface area contributed by atoms with Gasteiger partial charge >= 0.3 is 5.97 Å². The standard InChI is InChI=1S/C12H13FN4O3/c1-20-9-5-2-4-8(13)11(9)12-14-15-16-17(12)7-3-6-10(18)19/h2,4-5H,3,6-7H2,1H3,(H,18,19). The monoisotopic (exact) mass is 280 g/mol. The van der Waals surface area contributed by atoms with Crippen LogP contribution in [0.25, 0.3) is 11.4 Å². The third-order valence-corrected chi connectivity index (χ3v) is 2.71. The second kappa shape index (κ2) is 6.09. The Morgan fingerprint density at radius 3 is 3.00 bits per heavy atom. The maximum atomic E-state index is 13.9. The van der Waals surface area contributed by atoms with Crippen LogP contribution in [0, 0.1) is 5.82 Å². The van der Waals surface area contributed by atoms with Gasteiger partial charge in [-0.3, -0.25) is 4.79 Å². The van der Waals surface area contributed by atoms with E-state index in [1.807, 2.05) is 0 Å². The number of aromatic nitrogens is 4. The van der Waals surface area contributed by atoms with Crippen LogP contribution in [0.5, 0.6) is 5.75 Å². The number of carbonyl (C=O) groups is 1. The largest absolute Gasteiger partial charge is 0.496 e. The number of aryl methyl sites for hydroxylation is 1. The molecule has 0 aliphatic carbocycles. The van der Waals surface area contributed by atoms with E-state index in [-0.39, 0.29) is 24.4 Å². The first kappa shape index (κ1) is 13.9. The number of hydrogen-bond acceptors (Lipinski definition) is 5. The van der Waals surface area contributed by atoms with E-state index in [1.54, 1.807) is 6.07 Å². The van der Waals surface area contributed by atoms with E-state index in [4.69, 9.17) is 9.84 Å². The van der Waals surface area contributed by atoms with Gasteiger partial charge in [0, 0.05) is 13.0 Å². The van der Waals surface area contributed by atoms with Crippen LogP contribution in [0.4, 0.5) is 4.39 Å². The van der Waals surface area contributed by atoms with E-state index in [0.29, 0.717) is 12.2 Å². The molecule has 0 spiro atoms. The Hall–Kier alpha value is -2.51. The summed E-state index contributed by atoms with van der Waals surface area (Å²) in [5.41, 5.74) is 0.162. The third kappa shape index (κ3) is 2.90. The first-order valence-corrected chi connectivity index (χ1v) is 5.94. The molecule has 0 radical (unpaired) electrons. The Labute approximate surface area is 114 Å². The summed E-state index contributed by atoms with van der Waals surface area (Å²) in [7, 11) is 1.43. The summed E-state index contributed by atoms with van der Waals surface area (Å²) in [6, 6.07) is 4.42. The number of ether oxygens (including phenoxy) is 1. The molecule has 0 aliphatic rings. The molecular weight excluding hydrogens is 267 g/mol. The Bertz CT molecular complexity index is 614. The number of methoxy groups -OCH3 is 1. The fraction of sp³-hybridized carbons (Fsp3) is 0.333. The van der Waals surface area contributed by atoms with Crippen molar-refractivity contribution in [2.75, 3.05) is 7.11 Å². The Kier molecular flexibility index (Phi) is 4.24. The number of carboxylic acid groups (broad SMARTS) is 1. The fourth-order valence-electron chi connectivity index (χ4n) is 1.81. The minimum absolute atomic E-state index is 0.00624. The number of benzene rings is 1. The summed E-state index contributed by atoms with van der Waals surface area (Å²) in [6.45, 7) is 0.284. The molecule has 1 heterocycles. The maximum Gasteiger partial charge on any atom is 0.303 e. The van der Waals surface area contributed by atoms with Crippen LogP contribution in [-0.2, 0) is 11.3 Å². The van der Waals surface area contributed by atoms with Gasteiger partial charge in [0.15, 0.2) is 5.82 Å². The normalized spacial score (nSPS) is 10.5. The van der Waals surface area contributed by atoms with E-state index in [9.17, 15) is 9.18 Å². The minimum Gasteiger partial charge on any atom is -0.496 e. The predicted molar refractivity (Wildman–Crippen MR) is 66.6 cm³/mol. The van der Waals surface area contributed by atoms with Gasteiger partial charge in [-0.2, -0.15) is 0 Å². The number of nitrogens with zero attached hydrogens (tertiary/aromatic N) is 4. The molecule has 1 aromatic heterocycles. The summed E-state index contributed by atoms with van der Waals surface area (Å²) >= 11 is 0. The van der Waals surface area contributed by atoms with Crippen molar-refractivity contribution >= 4 is 5.97 Å². The molecule has 7 nitrogen and oxygen atoms in total. The van der Waals surface area contributed by atoms with Gasteiger partial charge in [-0.15, -0.1) is 5.10 Å². The lowest BCUT2D eigenvalue weighted by molar-refractivity contribution is -0.137. The number of aliphatic carboxylic acids is 1. The summed E-state index contributed by atoms with van der Waals surface area (Å²) in [6.07, 6.45) is 0.345. The second-order valence-electron chi connectivity index (χ2n) is 4.04. The Morgan fingerprint density at radius 2 is 2.30 bits per heavy atom. The molecule has 0 aliphatic heterocycles. The van der Waals surface area contributed by atoms with E-state index >= 15 is 0 Å². The molecule has 0 saturated heterocycles. The number of rotatable bonds is 6. The zero-order valence-corrected chi connectivity index (χ0v) is 10.8. The molecule has 20 heavy (non-hydrogen) atoms. The molecule has 0 atom stereocenters. The van der Waals surface area contributed by atoms with Gasteiger partial charge in [-0.25, -0.2) is 9.07 Å². The average molecular weight is 280 g/mol. The van der Waals surface area contributed by atoms with Crippen LogP contribution in [0.15, 0.2) is 18.2 Å². The summed E-state index contributed by atoms with van der Waals surface area (Å²) in [4.78, 5) is 10.5. The second-order valence-corrected chi connectivity index (χ2v) is 4.04. The van der Waals surface area contributed by atoms with Crippen LogP contribution in [0.1, 0.15) is 12.8 Å². The minimum atomic E-state index is -0.900. The van der Waals surface area contributed by atoms with Crippen LogP contribution in [0.2, 0.25) is 0 Å². The molecule has 0 amide bonds. The van der Waals surface area contributed by atoms with E-state index < -0.39 is 11.8 Å². The van der Waals surface area contributed by atoms with Gasteiger partial charge in [0.2, 0.25) is 0 Å². The molecule has 2 rings (SSSR count). The first-order valence-electron chi connectivity index (χ1n) is 5.94. The van der Waals surface area contributed by atoms with E-state index in [1.165, 1.54) is 23.9 Å². The van der Waals surface area contributed by atoms with Crippen molar-refractivity contribution in [3.8, 4) is 17.1 Å². The molecule has 106 valence electrons. The molecule has 0 fully saturated rings. The van der Waals surface area contributed by atoms with Gasteiger partial charge < -0.3 is 9.84 Å². The molecule has 0 unspecified atom stereocenters. The highest BCUT2D eigenvalue weighted by molar-refractivity contribution is 5.66. The lowest BCUT2D eigenvalue weighted by Gasteiger charge is -2.09. The van der Waals surface area contributed by atoms with Crippen LogP contribution >= 0.6 is 0 Å². The first-order chi connectivity index (χ1) is 9.63. The fourth-order valence-corrected chi connectivity index (χ4v) is 1.81. The zero-order valence-electron chi connectivity index (χ0n) is 10.8. The third-order valence-electron chi connectivity index (χ3n) is 2.71. The zero-order chi connectivity index (χ0) is 14.5. The van der Waals surface area contributed by atoms with Gasteiger partial charge in [0.25, 0.3) is 0 Å². The highest BCUT2D eigenvalue weighted by Crippen LogP contribution is 2.30. The average Bonchev–Trinajstić information content (AvgIpc) is 2.86. The predicted octanol–water partition coefficient (Wildman–Crippen LogP) is 1.35. The summed E-state index contributed by atoms with van der Waals surface area (Å²) in [5, 5.41) is 19.7. The van der Waals surface area contributed by atoms with Crippen LogP contribution in [0.3, 0.4) is 0 Å². The van der Waals surface area contributed by atoms with Gasteiger partial charge in [0.05, 0.1) is 12.7 Å². The van der Waals surface area contributed by atoms with Gasteiger partial charge in [0.1, 0.15) is 11.6 Å². The van der Waals surface area contributed by atoms with Gasteiger partial charge in [-0.05, 0) is 29.0 Å². The van der Waals surface area contributed by atoms with Crippen molar-refractivity contribution < 1.29 is 19.0 Å². The number of halogens is 1. The van der Waals surface area contributed by atoms with Crippen molar-refractivity contribution in [1.82, 2.24) is 20.2 Å². The molecule has 2 aromatic rings. The quantitative estimate of drug-likeness (QED) is 0.859. The highest BCUT2D eigenvalue weighted by atomic mass is 19.1. The SMILES string of the molecule is COc1cccc(F)c1-c1nnnn1CCCC(=O)O. The van der Waals surface area contributed by atoms with Crippen LogP contribution in [-0.4, -0.2) is 38.4 Å². The topological polar surface area (TPSA) is 90.1 Å². The lowest BCUT2D eigenvalue weighted by Crippen LogP contribution is -2.07. The molecule has 0 saturated carbocycles. The van der Waals surface area contributed by atoms with Crippen LogP contribution < -0.4 is 4.74 Å². The number of carboxylic acids is 1. The maximum absolute atomic E-state index is 13.9. The van der Waals surface area contributed by atoms with Crippen molar-refractivity contribution in [3.63, 3.8) is 0 Å². The van der Waals surface area contributed by atoms with Crippen molar-refractivity contribution in [1.29, 1.82) is 0 Å². The molecule has 1 aromatic carbocycles. The van der Waals surface area contributed by atoms with Gasteiger partial charge in [-0.1, -0.05) is 6.07 Å². The van der Waals surface area contributed by atoms with E-state index in [0.717, 1.165) is 0 Å². The Balaban J connectivity index is 2.30. The molecule has 8 heteroatoms. The number of tetrazole rings is 1. The van der Waals surface area contributed by atoms with Crippen molar-refractivity contribution in [3.05, 3.63) is 24.0 Å². The molecular formula is C12H13FN4O3. The lowest BCUT2D eigenvalue weighted by atomic mass is 10.1. The van der Waals surface area contributed by atoms with Crippen molar-refractivity contribution in [2.45, 2.75) is 19.4 Å². The smallest absolute Gasteiger partial charge is 0.303 e. The Morgan fingerprint density at radius 1 is 1.50 bits per heavy atom. The van der Waals surface area contributed by atoms with Crippen molar-refractivity contribution in [2.24, 2.45) is 0 Å². The summed E-state index contributed by atoms with van der Waals surface area (Å²) in [5.74, 6) is -0.869. The number of hydrogen-bond donors (Lipinski definition) is 1. The molecule has 1 N–H and O–H groups in total. The summed E-state index contributed by atoms with van der Waals surface area (Å²) < 4.78 is 20.4. The molecule has 0 bridgehead atoms. The van der Waals surface area contributed by atoms with E-state index in [2.05, 4.69) is 15.5 Å². The highest BCUT2D eigenvalue weighted by Gasteiger charge is 2.18.